The van der Waals surface area contributed by atoms with Crippen molar-refractivity contribution in [1.82, 2.24) is 0 Å². The van der Waals surface area contributed by atoms with Gasteiger partial charge in [-0.15, -0.1) is 0 Å². The van der Waals surface area contributed by atoms with E-state index in [-0.39, 0.29) is 5.78 Å². The zero-order valence-corrected chi connectivity index (χ0v) is 11.9. The van der Waals surface area contributed by atoms with Gasteiger partial charge in [-0.05, 0) is 55.3 Å². The van der Waals surface area contributed by atoms with Crippen molar-refractivity contribution in [3.63, 3.8) is 0 Å². The summed E-state index contributed by atoms with van der Waals surface area (Å²) in [6, 6.07) is 10.6. The molecule has 0 saturated carbocycles. The molecule has 0 aliphatic carbocycles. The number of benzene rings is 2. The van der Waals surface area contributed by atoms with Crippen LogP contribution in [0.15, 0.2) is 36.4 Å². The summed E-state index contributed by atoms with van der Waals surface area (Å²) in [4.78, 5) is 12.5. The fraction of sp³-hybridized carbons (Fsp3) is 0.188. The molecule has 0 amide bonds. The molecule has 0 bridgehead atoms. The summed E-state index contributed by atoms with van der Waals surface area (Å²) in [5.41, 5.74) is 3.27. The molecule has 2 aromatic carbocycles. The predicted octanol–water partition coefficient (Wildman–Crippen LogP) is 4.20. The van der Waals surface area contributed by atoms with E-state index in [1.54, 1.807) is 37.4 Å². The third-order valence-electron chi connectivity index (χ3n) is 3.23. The Morgan fingerprint density at radius 3 is 2.26 bits per heavy atom. The summed E-state index contributed by atoms with van der Waals surface area (Å²) >= 11 is 5.83. The van der Waals surface area contributed by atoms with Crippen LogP contribution in [0.1, 0.15) is 27.0 Å². The Morgan fingerprint density at radius 1 is 1.05 bits per heavy atom. The van der Waals surface area contributed by atoms with Crippen LogP contribution in [0.25, 0.3) is 0 Å². The van der Waals surface area contributed by atoms with E-state index in [1.807, 2.05) is 19.9 Å². The van der Waals surface area contributed by atoms with E-state index in [2.05, 4.69) is 0 Å². The SMILES string of the molecule is COc1c(C(=O)c2ccc(Cl)cc2)ccc(C)c1C. The van der Waals surface area contributed by atoms with Gasteiger partial charge in [0.2, 0.25) is 0 Å². The molecule has 19 heavy (non-hydrogen) atoms. The third-order valence-corrected chi connectivity index (χ3v) is 3.48. The molecule has 0 aromatic heterocycles. The fourth-order valence-electron chi connectivity index (χ4n) is 1.99. The second-order valence-electron chi connectivity index (χ2n) is 4.42. The molecule has 0 atom stereocenters. The molecule has 2 nitrogen and oxygen atoms in total. The first kappa shape index (κ1) is 13.6. The molecule has 0 aliphatic heterocycles. The minimum Gasteiger partial charge on any atom is -0.496 e. The van der Waals surface area contributed by atoms with E-state index < -0.39 is 0 Å². The Labute approximate surface area is 118 Å². The number of hydrogen-bond acceptors (Lipinski definition) is 2. The van der Waals surface area contributed by atoms with Gasteiger partial charge in [-0.1, -0.05) is 17.7 Å². The molecule has 0 radical (unpaired) electrons. The highest BCUT2D eigenvalue weighted by molar-refractivity contribution is 6.30. The molecular formula is C16H15ClO2. The number of halogens is 1. The van der Waals surface area contributed by atoms with Gasteiger partial charge in [0.1, 0.15) is 5.75 Å². The highest BCUT2D eigenvalue weighted by Gasteiger charge is 2.16. The van der Waals surface area contributed by atoms with Crippen LogP contribution >= 0.6 is 11.6 Å². The molecule has 0 aliphatic rings. The summed E-state index contributed by atoms with van der Waals surface area (Å²) in [6.07, 6.45) is 0. The number of carbonyl (C=O) groups is 1. The molecule has 2 aromatic rings. The average Bonchev–Trinajstić information content (AvgIpc) is 2.41. The molecule has 0 saturated heterocycles. The molecule has 98 valence electrons. The zero-order valence-electron chi connectivity index (χ0n) is 11.2. The summed E-state index contributed by atoms with van der Waals surface area (Å²) in [5, 5.41) is 0.614. The number of ketones is 1. The molecule has 0 N–H and O–H groups in total. The number of carbonyl (C=O) groups excluding carboxylic acids is 1. The lowest BCUT2D eigenvalue weighted by Gasteiger charge is -2.12. The van der Waals surface area contributed by atoms with Gasteiger partial charge in [-0.25, -0.2) is 0 Å². The number of ether oxygens (including phenoxy) is 1. The Hall–Kier alpha value is -1.80. The van der Waals surface area contributed by atoms with Crippen LogP contribution in [-0.2, 0) is 0 Å². The zero-order chi connectivity index (χ0) is 14.0. The monoisotopic (exact) mass is 274 g/mol. The van der Waals surface area contributed by atoms with E-state index in [0.29, 0.717) is 21.9 Å². The van der Waals surface area contributed by atoms with Crippen molar-refractivity contribution in [2.75, 3.05) is 7.11 Å². The van der Waals surface area contributed by atoms with Gasteiger partial charge in [-0.3, -0.25) is 4.79 Å². The molecular weight excluding hydrogens is 260 g/mol. The van der Waals surface area contributed by atoms with E-state index in [0.717, 1.165) is 11.1 Å². The lowest BCUT2D eigenvalue weighted by Crippen LogP contribution is -2.05. The van der Waals surface area contributed by atoms with Crippen molar-refractivity contribution in [2.45, 2.75) is 13.8 Å². The Bertz CT molecular complexity index is 615. The minimum absolute atomic E-state index is 0.0587. The Morgan fingerprint density at radius 2 is 1.68 bits per heavy atom. The van der Waals surface area contributed by atoms with Gasteiger partial charge in [0.15, 0.2) is 5.78 Å². The standard InChI is InChI=1S/C16H15ClO2/c1-10-4-9-14(16(19-3)11(10)2)15(18)12-5-7-13(17)8-6-12/h4-9H,1-3H3. The second-order valence-corrected chi connectivity index (χ2v) is 4.86. The van der Waals surface area contributed by atoms with Crippen LogP contribution in [0.4, 0.5) is 0 Å². The maximum atomic E-state index is 12.5. The number of aryl methyl sites for hydroxylation is 1. The summed E-state index contributed by atoms with van der Waals surface area (Å²) in [7, 11) is 1.58. The van der Waals surface area contributed by atoms with Crippen molar-refractivity contribution < 1.29 is 9.53 Å². The minimum atomic E-state index is -0.0587. The van der Waals surface area contributed by atoms with Crippen molar-refractivity contribution in [2.24, 2.45) is 0 Å². The van der Waals surface area contributed by atoms with Crippen molar-refractivity contribution in [1.29, 1.82) is 0 Å². The quantitative estimate of drug-likeness (QED) is 0.784. The topological polar surface area (TPSA) is 26.3 Å². The number of rotatable bonds is 3. The summed E-state index contributed by atoms with van der Waals surface area (Å²) < 4.78 is 5.38. The van der Waals surface area contributed by atoms with Crippen molar-refractivity contribution >= 4 is 17.4 Å². The normalized spacial score (nSPS) is 10.3. The smallest absolute Gasteiger partial charge is 0.196 e. The predicted molar refractivity (Wildman–Crippen MR) is 77.4 cm³/mol. The second kappa shape index (κ2) is 5.45. The van der Waals surface area contributed by atoms with Crippen LogP contribution in [0, 0.1) is 13.8 Å². The van der Waals surface area contributed by atoms with Gasteiger partial charge in [0.25, 0.3) is 0 Å². The maximum absolute atomic E-state index is 12.5. The largest absolute Gasteiger partial charge is 0.496 e. The molecule has 0 spiro atoms. The van der Waals surface area contributed by atoms with Gasteiger partial charge in [0, 0.05) is 10.6 Å². The molecule has 3 heteroatoms. The van der Waals surface area contributed by atoms with Crippen LogP contribution < -0.4 is 4.74 Å². The summed E-state index contributed by atoms with van der Waals surface area (Å²) in [6.45, 7) is 3.95. The average molecular weight is 275 g/mol. The van der Waals surface area contributed by atoms with Crippen molar-refractivity contribution in [3.05, 3.63) is 63.7 Å². The molecule has 0 fully saturated rings. The first-order valence-electron chi connectivity index (χ1n) is 5.99. The number of hydrogen-bond donors (Lipinski definition) is 0. The van der Waals surface area contributed by atoms with E-state index in [9.17, 15) is 4.79 Å². The van der Waals surface area contributed by atoms with Gasteiger partial charge in [-0.2, -0.15) is 0 Å². The third kappa shape index (κ3) is 2.64. The molecule has 0 unspecified atom stereocenters. The van der Waals surface area contributed by atoms with Crippen LogP contribution in [0.3, 0.4) is 0 Å². The van der Waals surface area contributed by atoms with Gasteiger partial charge >= 0.3 is 0 Å². The van der Waals surface area contributed by atoms with Crippen LogP contribution in [-0.4, -0.2) is 12.9 Å². The Kier molecular flexibility index (Phi) is 3.91. The van der Waals surface area contributed by atoms with Gasteiger partial charge in [0.05, 0.1) is 12.7 Å². The van der Waals surface area contributed by atoms with Gasteiger partial charge < -0.3 is 4.74 Å². The lowest BCUT2D eigenvalue weighted by molar-refractivity contribution is 0.103. The van der Waals surface area contributed by atoms with E-state index >= 15 is 0 Å². The highest BCUT2D eigenvalue weighted by Crippen LogP contribution is 2.28. The van der Waals surface area contributed by atoms with Crippen LogP contribution in [0.2, 0.25) is 5.02 Å². The molecule has 0 heterocycles. The highest BCUT2D eigenvalue weighted by atomic mass is 35.5. The lowest BCUT2D eigenvalue weighted by atomic mass is 9.98. The first-order chi connectivity index (χ1) is 9.04. The summed E-state index contributed by atoms with van der Waals surface area (Å²) in [5.74, 6) is 0.580. The van der Waals surface area contributed by atoms with E-state index in [4.69, 9.17) is 16.3 Å². The Balaban J connectivity index is 2.50. The first-order valence-corrected chi connectivity index (χ1v) is 6.37. The van der Waals surface area contributed by atoms with Crippen LogP contribution in [0.5, 0.6) is 5.75 Å². The fourth-order valence-corrected chi connectivity index (χ4v) is 2.11. The molecule has 2 rings (SSSR count). The number of methoxy groups -OCH3 is 1. The van der Waals surface area contributed by atoms with Crippen molar-refractivity contribution in [3.8, 4) is 5.75 Å². The van der Waals surface area contributed by atoms with E-state index in [1.165, 1.54) is 0 Å². The maximum Gasteiger partial charge on any atom is 0.196 e.